The van der Waals surface area contributed by atoms with E-state index in [4.69, 9.17) is 20.7 Å². The van der Waals surface area contributed by atoms with E-state index >= 15 is 0 Å². The molecule has 0 aliphatic rings. The van der Waals surface area contributed by atoms with Crippen molar-refractivity contribution in [3.63, 3.8) is 0 Å². The van der Waals surface area contributed by atoms with Gasteiger partial charge in [-0.05, 0) is 29.3 Å². The molecule has 0 radical (unpaired) electrons. The molecule has 1 aromatic carbocycles. The molecule has 4 N–H and O–H groups in total. The molecule has 0 unspecified atom stereocenters. The van der Waals surface area contributed by atoms with Crippen LogP contribution >= 0.6 is 0 Å². The molecule has 4 rings (SSSR count). The molecule has 3 aromatic heterocycles. The lowest BCUT2D eigenvalue weighted by Crippen LogP contribution is -1.97. The molecule has 0 amide bonds. The minimum Gasteiger partial charge on any atom is -0.473 e. The van der Waals surface area contributed by atoms with E-state index in [9.17, 15) is 0 Å². The Labute approximate surface area is 162 Å². The lowest BCUT2D eigenvalue weighted by atomic mass is 10.1. The van der Waals surface area contributed by atoms with Crippen LogP contribution in [0.25, 0.3) is 11.3 Å². The number of ether oxygens (including phenoxy) is 1. The van der Waals surface area contributed by atoms with Gasteiger partial charge in [0, 0.05) is 24.8 Å². The van der Waals surface area contributed by atoms with Crippen molar-refractivity contribution in [3.05, 3.63) is 83.7 Å². The molecule has 28 heavy (non-hydrogen) atoms. The second-order valence-corrected chi connectivity index (χ2v) is 6.30. The van der Waals surface area contributed by atoms with Gasteiger partial charge in [-0.15, -0.1) is 0 Å². The second kappa shape index (κ2) is 7.79. The number of rotatable bonds is 6. The Hall–Kier alpha value is -3.87. The van der Waals surface area contributed by atoms with Gasteiger partial charge in [0.1, 0.15) is 18.2 Å². The monoisotopic (exact) mass is 373 g/mol. The molecular formula is C21H19N5O2. The minimum atomic E-state index is 0.319. The fourth-order valence-corrected chi connectivity index (χ4v) is 2.77. The van der Waals surface area contributed by atoms with E-state index in [0.717, 1.165) is 16.8 Å². The van der Waals surface area contributed by atoms with Crippen LogP contribution in [0.1, 0.15) is 16.8 Å². The molecular weight excluding hydrogens is 354 g/mol. The Morgan fingerprint density at radius 2 is 1.75 bits per heavy atom. The summed E-state index contributed by atoms with van der Waals surface area (Å²) in [5.74, 6) is 1.87. The molecule has 0 bridgehead atoms. The number of hydrogen-bond donors (Lipinski definition) is 2. The van der Waals surface area contributed by atoms with Crippen LogP contribution < -0.4 is 16.2 Å². The zero-order chi connectivity index (χ0) is 19.3. The predicted octanol–water partition coefficient (Wildman–Crippen LogP) is 3.47. The molecule has 0 atom stereocenters. The molecule has 4 aromatic rings. The zero-order valence-electron chi connectivity index (χ0n) is 15.1. The summed E-state index contributed by atoms with van der Waals surface area (Å²) in [7, 11) is 0. The molecule has 140 valence electrons. The van der Waals surface area contributed by atoms with Crippen LogP contribution in [0.4, 0.5) is 11.6 Å². The Morgan fingerprint density at radius 3 is 2.50 bits per heavy atom. The van der Waals surface area contributed by atoms with E-state index in [1.165, 1.54) is 0 Å². The number of benzene rings is 1. The summed E-state index contributed by atoms with van der Waals surface area (Å²) in [6, 6.07) is 19.1. The normalized spacial score (nSPS) is 10.7. The van der Waals surface area contributed by atoms with Crippen molar-refractivity contribution in [2.75, 3.05) is 11.5 Å². The van der Waals surface area contributed by atoms with E-state index < -0.39 is 0 Å². The quantitative estimate of drug-likeness (QED) is 0.532. The van der Waals surface area contributed by atoms with Crippen LogP contribution in [0.15, 0.2) is 71.4 Å². The number of pyridine rings is 2. The van der Waals surface area contributed by atoms with Crippen LogP contribution in [0.2, 0.25) is 0 Å². The molecule has 0 aliphatic heterocycles. The summed E-state index contributed by atoms with van der Waals surface area (Å²) in [4.78, 5) is 8.19. The molecule has 0 spiro atoms. The van der Waals surface area contributed by atoms with Crippen molar-refractivity contribution in [3.8, 4) is 17.2 Å². The van der Waals surface area contributed by atoms with Gasteiger partial charge >= 0.3 is 0 Å². The van der Waals surface area contributed by atoms with Gasteiger partial charge in [0.25, 0.3) is 0 Å². The lowest BCUT2D eigenvalue weighted by Gasteiger charge is -2.05. The average Bonchev–Trinajstić information content (AvgIpc) is 3.16. The zero-order valence-corrected chi connectivity index (χ0v) is 15.1. The SMILES string of the molecule is Nc1ccc(-c2cc(Cc3ccc(COc4ccccn4)cc3)no2)c(N)n1. The fourth-order valence-electron chi connectivity index (χ4n) is 2.77. The van der Waals surface area contributed by atoms with Crippen molar-refractivity contribution in [2.24, 2.45) is 0 Å². The first-order valence-electron chi connectivity index (χ1n) is 8.77. The van der Waals surface area contributed by atoms with Gasteiger partial charge in [-0.2, -0.15) is 0 Å². The number of anilines is 2. The predicted molar refractivity (Wildman–Crippen MR) is 106 cm³/mol. The third kappa shape index (κ3) is 4.09. The van der Waals surface area contributed by atoms with Gasteiger partial charge < -0.3 is 20.7 Å². The minimum absolute atomic E-state index is 0.319. The smallest absolute Gasteiger partial charge is 0.213 e. The van der Waals surface area contributed by atoms with Gasteiger partial charge in [0.05, 0.1) is 11.3 Å². The van der Waals surface area contributed by atoms with Crippen molar-refractivity contribution in [2.45, 2.75) is 13.0 Å². The number of nitrogen functional groups attached to an aromatic ring is 2. The maximum absolute atomic E-state index is 5.91. The van der Waals surface area contributed by atoms with Crippen molar-refractivity contribution in [1.82, 2.24) is 15.1 Å². The fraction of sp³-hybridized carbons (Fsp3) is 0.0952. The third-order valence-corrected chi connectivity index (χ3v) is 4.20. The van der Waals surface area contributed by atoms with E-state index in [1.54, 1.807) is 18.3 Å². The first-order chi connectivity index (χ1) is 13.7. The Bertz CT molecular complexity index is 1060. The van der Waals surface area contributed by atoms with Crippen LogP contribution in [0.3, 0.4) is 0 Å². The van der Waals surface area contributed by atoms with E-state index in [2.05, 4.69) is 15.1 Å². The van der Waals surface area contributed by atoms with E-state index in [1.807, 2.05) is 48.5 Å². The van der Waals surface area contributed by atoms with Crippen LogP contribution in [-0.4, -0.2) is 15.1 Å². The molecule has 0 saturated heterocycles. The van der Waals surface area contributed by atoms with E-state index in [-0.39, 0.29) is 0 Å². The van der Waals surface area contributed by atoms with Gasteiger partial charge in [-0.3, -0.25) is 0 Å². The maximum Gasteiger partial charge on any atom is 0.213 e. The largest absolute Gasteiger partial charge is 0.473 e. The first-order valence-corrected chi connectivity index (χ1v) is 8.77. The van der Waals surface area contributed by atoms with Crippen molar-refractivity contribution >= 4 is 11.6 Å². The standard InChI is InChI=1S/C21H19N5O2/c22-19-9-8-17(21(23)25-19)18-12-16(26-28-18)11-14-4-6-15(7-5-14)13-27-20-3-1-2-10-24-20/h1-10,12H,11,13H2,(H4,22,23,25). The number of nitrogens with two attached hydrogens (primary N) is 2. The second-order valence-electron chi connectivity index (χ2n) is 6.30. The highest BCUT2D eigenvalue weighted by atomic mass is 16.5. The highest BCUT2D eigenvalue weighted by Gasteiger charge is 2.11. The first kappa shape index (κ1) is 17.5. The van der Waals surface area contributed by atoms with Gasteiger partial charge in [0.15, 0.2) is 5.76 Å². The summed E-state index contributed by atoms with van der Waals surface area (Å²) in [5.41, 5.74) is 15.2. The number of nitrogens with zero attached hydrogens (tertiary/aromatic N) is 3. The van der Waals surface area contributed by atoms with Gasteiger partial charge in [0.2, 0.25) is 5.88 Å². The summed E-state index contributed by atoms with van der Waals surface area (Å²) in [6.07, 6.45) is 2.35. The van der Waals surface area contributed by atoms with Crippen LogP contribution in [0.5, 0.6) is 5.88 Å². The summed E-state index contributed by atoms with van der Waals surface area (Å²) in [6.45, 7) is 0.467. The Balaban J connectivity index is 1.40. The third-order valence-electron chi connectivity index (χ3n) is 4.20. The van der Waals surface area contributed by atoms with E-state index in [0.29, 0.717) is 41.9 Å². The summed E-state index contributed by atoms with van der Waals surface area (Å²) < 4.78 is 11.1. The molecule has 0 aliphatic carbocycles. The highest BCUT2D eigenvalue weighted by molar-refractivity contribution is 5.71. The van der Waals surface area contributed by atoms with Crippen molar-refractivity contribution < 1.29 is 9.26 Å². The number of aromatic nitrogens is 3. The van der Waals surface area contributed by atoms with Gasteiger partial charge in [-0.25, -0.2) is 9.97 Å². The Kier molecular flexibility index (Phi) is 4.88. The molecule has 0 fully saturated rings. The highest BCUT2D eigenvalue weighted by Crippen LogP contribution is 2.26. The molecule has 7 nitrogen and oxygen atoms in total. The Morgan fingerprint density at radius 1 is 0.929 bits per heavy atom. The number of hydrogen-bond acceptors (Lipinski definition) is 7. The van der Waals surface area contributed by atoms with Crippen LogP contribution in [-0.2, 0) is 13.0 Å². The van der Waals surface area contributed by atoms with Crippen LogP contribution in [0, 0.1) is 0 Å². The lowest BCUT2D eigenvalue weighted by molar-refractivity contribution is 0.294. The van der Waals surface area contributed by atoms with Gasteiger partial charge in [-0.1, -0.05) is 35.5 Å². The summed E-state index contributed by atoms with van der Waals surface area (Å²) in [5, 5.41) is 4.13. The maximum atomic E-state index is 5.91. The molecule has 0 saturated carbocycles. The summed E-state index contributed by atoms with van der Waals surface area (Å²) >= 11 is 0. The van der Waals surface area contributed by atoms with Crippen molar-refractivity contribution in [1.29, 1.82) is 0 Å². The topological polar surface area (TPSA) is 113 Å². The molecule has 3 heterocycles. The average molecular weight is 373 g/mol. The molecule has 7 heteroatoms.